The molecule has 1 atom stereocenters. The summed E-state index contributed by atoms with van der Waals surface area (Å²) in [5.41, 5.74) is 3.81. The van der Waals surface area contributed by atoms with Crippen LogP contribution in [0, 0.1) is 19.7 Å². The van der Waals surface area contributed by atoms with Crippen LogP contribution in [0.4, 0.5) is 4.39 Å². The molecule has 0 aliphatic carbocycles. The Balaban J connectivity index is 2.13. The molecule has 2 rings (SSSR count). The molecular formula is C17H20FNS. The van der Waals surface area contributed by atoms with Crippen molar-refractivity contribution in [1.29, 1.82) is 0 Å². The van der Waals surface area contributed by atoms with Gasteiger partial charge in [-0.05, 0) is 44.2 Å². The van der Waals surface area contributed by atoms with Crippen LogP contribution in [-0.4, -0.2) is 12.8 Å². The van der Waals surface area contributed by atoms with Crippen molar-refractivity contribution >= 4 is 11.8 Å². The Bertz CT molecular complexity index is 583. The second kappa shape index (κ2) is 6.91. The smallest absolute Gasteiger partial charge is 0.136 e. The van der Waals surface area contributed by atoms with E-state index in [2.05, 4.69) is 37.4 Å². The van der Waals surface area contributed by atoms with Gasteiger partial charge in [-0.3, -0.25) is 0 Å². The van der Waals surface area contributed by atoms with Gasteiger partial charge in [0.05, 0.1) is 0 Å². The number of thioether (sulfide) groups is 1. The molecule has 20 heavy (non-hydrogen) atoms. The summed E-state index contributed by atoms with van der Waals surface area (Å²) in [6, 6.07) is 13.6. The third kappa shape index (κ3) is 3.62. The normalized spacial score (nSPS) is 12.4. The third-order valence-electron chi connectivity index (χ3n) is 3.40. The molecule has 0 amide bonds. The maximum Gasteiger partial charge on any atom is 0.136 e. The van der Waals surface area contributed by atoms with E-state index in [0.717, 1.165) is 5.75 Å². The monoisotopic (exact) mass is 289 g/mol. The Morgan fingerprint density at radius 2 is 1.90 bits per heavy atom. The quantitative estimate of drug-likeness (QED) is 0.814. The van der Waals surface area contributed by atoms with Gasteiger partial charge >= 0.3 is 0 Å². The fraction of sp³-hybridized carbons (Fsp3) is 0.294. The summed E-state index contributed by atoms with van der Waals surface area (Å²) in [5, 5.41) is 3.33. The van der Waals surface area contributed by atoms with Gasteiger partial charge in [-0.1, -0.05) is 35.9 Å². The van der Waals surface area contributed by atoms with Crippen LogP contribution >= 0.6 is 11.8 Å². The summed E-state index contributed by atoms with van der Waals surface area (Å²) in [5.74, 6) is 0.662. The number of halogens is 1. The molecule has 0 bridgehead atoms. The Morgan fingerprint density at radius 1 is 1.15 bits per heavy atom. The van der Waals surface area contributed by atoms with Crippen LogP contribution in [0.15, 0.2) is 47.4 Å². The molecule has 0 heterocycles. The van der Waals surface area contributed by atoms with Gasteiger partial charge < -0.3 is 5.32 Å². The van der Waals surface area contributed by atoms with E-state index in [9.17, 15) is 4.39 Å². The van der Waals surface area contributed by atoms with Crippen molar-refractivity contribution in [2.75, 3.05) is 12.8 Å². The highest BCUT2D eigenvalue weighted by molar-refractivity contribution is 7.99. The summed E-state index contributed by atoms with van der Waals surface area (Å²) in [4.78, 5) is 0.707. The first-order chi connectivity index (χ1) is 9.61. The first-order valence-corrected chi connectivity index (χ1v) is 7.72. The van der Waals surface area contributed by atoms with Gasteiger partial charge in [0, 0.05) is 16.7 Å². The van der Waals surface area contributed by atoms with Crippen molar-refractivity contribution in [3.05, 3.63) is 65.0 Å². The lowest BCUT2D eigenvalue weighted by molar-refractivity contribution is 0.600. The van der Waals surface area contributed by atoms with Gasteiger partial charge in [0.2, 0.25) is 0 Å². The Kier molecular flexibility index (Phi) is 5.21. The van der Waals surface area contributed by atoms with Crippen LogP contribution in [0.5, 0.6) is 0 Å². The summed E-state index contributed by atoms with van der Waals surface area (Å²) >= 11 is 1.55. The number of aryl methyl sites for hydroxylation is 2. The summed E-state index contributed by atoms with van der Waals surface area (Å²) in [6.45, 7) is 4.21. The molecule has 2 aromatic carbocycles. The molecule has 1 nitrogen and oxygen atoms in total. The van der Waals surface area contributed by atoms with Gasteiger partial charge in [0.15, 0.2) is 0 Å². The van der Waals surface area contributed by atoms with Crippen molar-refractivity contribution < 1.29 is 4.39 Å². The first-order valence-electron chi connectivity index (χ1n) is 6.73. The number of benzene rings is 2. The second-order valence-corrected chi connectivity index (χ2v) is 6.00. The molecule has 3 heteroatoms. The topological polar surface area (TPSA) is 12.0 Å². The molecule has 0 fully saturated rings. The Hall–Kier alpha value is -1.32. The molecule has 1 N–H and O–H groups in total. The highest BCUT2D eigenvalue weighted by Crippen LogP contribution is 2.28. The van der Waals surface area contributed by atoms with Crippen LogP contribution in [0.3, 0.4) is 0 Å². The zero-order chi connectivity index (χ0) is 14.5. The van der Waals surface area contributed by atoms with Gasteiger partial charge in [0.1, 0.15) is 5.82 Å². The number of rotatable bonds is 5. The van der Waals surface area contributed by atoms with Crippen molar-refractivity contribution in [1.82, 2.24) is 5.32 Å². The summed E-state index contributed by atoms with van der Waals surface area (Å²) in [7, 11) is 1.95. The molecule has 0 radical (unpaired) electrons. The fourth-order valence-corrected chi connectivity index (χ4v) is 3.27. The minimum Gasteiger partial charge on any atom is -0.312 e. The van der Waals surface area contributed by atoms with E-state index in [4.69, 9.17) is 0 Å². The molecule has 106 valence electrons. The second-order valence-electron chi connectivity index (χ2n) is 4.94. The van der Waals surface area contributed by atoms with Crippen LogP contribution in [-0.2, 0) is 0 Å². The van der Waals surface area contributed by atoms with Crippen molar-refractivity contribution in [2.45, 2.75) is 24.8 Å². The number of hydrogen-bond acceptors (Lipinski definition) is 2. The molecule has 0 saturated carbocycles. The van der Waals surface area contributed by atoms with Crippen molar-refractivity contribution in [3.8, 4) is 0 Å². The zero-order valence-corrected chi connectivity index (χ0v) is 12.9. The maximum atomic E-state index is 13.6. The average molecular weight is 289 g/mol. The Labute approximate surface area is 124 Å². The largest absolute Gasteiger partial charge is 0.312 e. The molecule has 0 aliphatic heterocycles. The molecule has 0 aliphatic rings. The van der Waals surface area contributed by atoms with Crippen molar-refractivity contribution in [3.63, 3.8) is 0 Å². The minimum atomic E-state index is -0.145. The van der Waals surface area contributed by atoms with E-state index in [0.29, 0.717) is 4.90 Å². The van der Waals surface area contributed by atoms with Gasteiger partial charge in [0.25, 0.3) is 0 Å². The lowest BCUT2D eigenvalue weighted by Gasteiger charge is -2.19. The zero-order valence-electron chi connectivity index (χ0n) is 12.1. The van der Waals surface area contributed by atoms with Gasteiger partial charge in [-0.2, -0.15) is 0 Å². The van der Waals surface area contributed by atoms with E-state index < -0.39 is 0 Å². The summed E-state index contributed by atoms with van der Waals surface area (Å²) < 4.78 is 13.6. The van der Waals surface area contributed by atoms with E-state index in [1.165, 1.54) is 22.8 Å². The lowest BCUT2D eigenvalue weighted by atomic mass is 10.0. The van der Waals surface area contributed by atoms with E-state index in [1.807, 2.05) is 19.2 Å². The third-order valence-corrected chi connectivity index (χ3v) is 4.54. The van der Waals surface area contributed by atoms with E-state index in [1.54, 1.807) is 17.8 Å². The van der Waals surface area contributed by atoms with Crippen LogP contribution < -0.4 is 5.32 Å². The number of hydrogen-bond donors (Lipinski definition) is 1. The Morgan fingerprint density at radius 3 is 2.60 bits per heavy atom. The average Bonchev–Trinajstić information content (AvgIpc) is 2.45. The fourth-order valence-electron chi connectivity index (χ4n) is 2.20. The summed E-state index contributed by atoms with van der Waals surface area (Å²) in [6.07, 6.45) is 0. The highest BCUT2D eigenvalue weighted by Gasteiger charge is 2.13. The molecule has 0 saturated heterocycles. The lowest BCUT2D eigenvalue weighted by Crippen LogP contribution is -2.20. The van der Waals surface area contributed by atoms with Gasteiger partial charge in [-0.15, -0.1) is 11.8 Å². The minimum absolute atomic E-state index is 0.145. The standard InChI is InChI=1S/C17H20FNS/c1-12-8-9-13(2)14(10-12)16(19-3)11-20-17-7-5-4-6-15(17)18/h4-10,16,19H,11H2,1-3H3. The van der Waals surface area contributed by atoms with E-state index >= 15 is 0 Å². The predicted molar refractivity (Wildman–Crippen MR) is 84.8 cm³/mol. The number of nitrogens with one attached hydrogen (secondary N) is 1. The van der Waals surface area contributed by atoms with Crippen molar-refractivity contribution in [2.24, 2.45) is 0 Å². The first kappa shape index (κ1) is 15.1. The van der Waals surface area contributed by atoms with Gasteiger partial charge in [-0.25, -0.2) is 4.39 Å². The molecular weight excluding hydrogens is 269 g/mol. The molecule has 2 aromatic rings. The molecule has 0 aromatic heterocycles. The van der Waals surface area contributed by atoms with E-state index in [-0.39, 0.29) is 11.9 Å². The molecule has 1 unspecified atom stereocenters. The highest BCUT2D eigenvalue weighted by atomic mass is 32.2. The van der Waals surface area contributed by atoms with Crippen LogP contribution in [0.1, 0.15) is 22.7 Å². The maximum absolute atomic E-state index is 13.6. The van der Waals surface area contributed by atoms with Crippen LogP contribution in [0.2, 0.25) is 0 Å². The molecule has 0 spiro atoms. The SMILES string of the molecule is CNC(CSc1ccccc1F)c1cc(C)ccc1C. The van der Waals surface area contributed by atoms with Crippen LogP contribution in [0.25, 0.3) is 0 Å². The predicted octanol–water partition coefficient (Wildman–Crippen LogP) is 4.50.